The van der Waals surface area contributed by atoms with Gasteiger partial charge in [0.2, 0.25) is 0 Å². The van der Waals surface area contributed by atoms with Gasteiger partial charge < -0.3 is 4.90 Å². The zero-order chi connectivity index (χ0) is 18.6. The topological polar surface area (TPSA) is 81.3 Å². The van der Waals surface area contributed by atoms with E-state index in [0.29, 0.717) is 30.3 Å². The van der Waals surface area contributed by atoms with Crippen molar-refractivity contribution < 1.29 is 9.72 Å². The maximum atomic E-state index is 13.1. The molecule has 4 rings (SSSR count). The Hall–Kier alpha value is -2.70. The smallest absolute Gasteiger partial charge is 0.278 e. The first-order valence-corrected chi connectivity index (χ1v) is 8.95. The normalized spacial score (nSPS) is 16.7. The minimum absolute atomic E-state index is 0.00217. The molecular formula is C19H22N4O3. The van der Waals surface area contributed by atoms with Crippen LogP contribution in [0.15, 0.2) is 24.3 Å². The van der Waals surface area contributed by atoms with Crippen molar-refractivity contribution in [3.63, 3.8) is 0 Å². The predicted octanol–water partition coefficient (Wildman–Crippen LogP) is 3.63. The first kappa shape index (κ1) is 16.8. The lowest BCUT2D eigenvalue weighted by atomic mass is 10.1. The SMILES string of the molecule is CC(C)(C)n1nc(C(=O)N2CCc3ccc([N+](=O)[O-])cc32)cc1C1CC1. The highest BCUT2D eigenvalue weighted by Crippen LogP contribution is 2.42. The molecule has 26 heavy (non-hydrogen) atoms. The van der Waals surface area contributed by atoms with E-state index in [1.165, 1.54) is 12.1 Å². The Kier molecular flexibility index (Phi) is 3.64. The summed E-state index contributed by atoms with van der Waals surface area (Å²) in [5.74, 6) is 0.296. The van der Waals surface area contributed by atoms with Gasteiger partial charge in [-0.05, 0) is 51.7 Å². The fraction of sp³-hybridized carbons (Fsp3) is 0.474. The van der Waals surface area contributed by atoms with Crippen LogP contribution in [0, 0.1) is 10.1 Å². The van der Waals surface area contributed by atoms with Gasteiger partial charge >= 0.3 is 0 Å². The Morgan fingerprint density at radius 3 is 2.62 bits per heavy atom. The summed E-state index contributed by atoms with van der Waals surface area (Å²) < 4.78 is 1.96. The molecule has 0 saturated heterocycles. The number of fused-ring (bicyclic) bond motifs is 1. The number of carbonyl (C=O) groups is 1. The highest BCUT2D eigenvalue weighted by Gasteiger charge is 2.35. The third-order valence-electron chi connectivity index (χ3n) is 5.01. The molecule has 1 fully saturated rings. The van der Waals surface area contributed by atoms with Crippen molar-refractivity contribution in [2.45, 2.75) is 51.5 Å². The molecule has 1 aromatic carbocycles. The summed E-state index contributed by atoms with van der Waals surface area (Å²) in [4.78, 5) is 25.4. The van der Waals surface area contributed by atoms with Gasteiger partial charge in [0, 0.05) is 30.3 Å². The highest BCUT2D eigenvalue weighted by atomic mass is 16.6. The molecule has 7 heteroatoms. The standard InChI is InChI=1S/C19H22N4O3/c1-19(2,3)22-17(12-4-5-12)11-15(20-22)18(24)21-9-8-13-6-7-14(23(25)26)10-16(13)21/h6-7,10-12H,4-5,8-9H2,1-3H3. The average molecular weight is 354 g/mol. The van der Waals surface area contributed by atoms with Gasteiger partial charge in [-0.25, -0.2) is 0 Å². The second-order valence-electron chi connectivity index (χ2n) is 8.09. The van der Waals surface area contributed by atoms with Gasteiger partial charge in [-0.1, -0.05) is 6.07 Å². The number of nitrogens with zero attached hydrogens (tertiary/aromatic N) is 4. The Balaban J connectivity index is 1.70. The average Bonchev–Trinajstić information content (AvgIpc) is 3.18. The molecule has 7 nitrogen and oxygen atoms in total. The van der Waals surface area contributed by atoms with Crippen LogP contribution in [-0.4, -0.2) is 27.2 Å². The molecule has 1 saturated carbocycles. The fourth-order valence-corrected chi connectivity index (χ4v) is 3.54. The lowest BCUT2D eigenvalue weighted by Crippen LogP contribution is -2.30. The molecule has 0 radical (unpaired) electrons. The Labute approximate surface area is 151 Å². The van der Waals surface area contributed by atoms with Crippen molar-refractivity contribution in [1.29, 1.82) is 0 Å². The van der Waals surface area contributed by atoms with Crippen molar-refractivity contribution in [3.05, 3.63) is 51.3 Å². The Bertz CT molecular complexity index is 906. The number of hydrogen-bond donors (Lipinski definition) is 0. The molecule has 1 aromatic heterocycles. The van der Waals surface area contributed by atoms with Gasteiger partial charge in [-0.15, -0.1) is 0 Å². The van der Waals surface area contributed by atoms with E-state index in [4.69, 9.17) is 0 Å². The van der Waals surface area contributed by atoms with E-state index < -0.39 is 4.92 Å². The van der Waals surface area contributed by atoms with E-state index in [1.54, 1.807) is 11.0 Å². The van der Waals surface area contributed by atoms with Crippen LogP contribution >= 0.6 is 0 Å². The van der Waals surface area contributed by atoms with Gasteiger partial charge in [0.1, 0.15) is 0 Å². The Morgan fingerprint density at radius 2 is 2.00 bits per heavy atom. The van der Waals surface area contributed by atoms with Gasteiger partial charge in [0.15, 0.2) is 5.69 Å². The van der Waals surface area contributed by atoms with E-state index in [9.17, 15) is 14.9 Å². The zero-order valence-electron chi connectivity index (χ0n) is 15.2. The molecule has 1 aliphatic heterocycles. The number of nitro groups is 1. The number of non-ortho nitro benzene ring substituents is 1. The van der Waals surface area contributed by atoms with E-state index in [0.717, 1.165) is 24.1 Å². The van der Waals surface area contributed by atoms with Crippen LogP contribution in [-0.2, 0) is 12.0 Å². The summed E-state index contributed by atoms with van der Waals surface area (Å²) in [5.41, 5.74) is 2.92. The van der Waals surface area contributed by atoms with Crippen LogP contribution in [0.4, 0.5) is 11.4 Å². The summed E-state index contributed by atoms with van der Waals surface area (Å²) >= 11 is 0. The van der Waals surface area contributed by atoms with Crippen molar-refractivity contribution in [2.75, 3.05) is 11.4 Å². The summed E-state index contributed by atoms with van der Waals surface area (Å²) in [6, 6.07) is 6.62. The number of nitro benzene ring substituents is 1. The number of hydrogen-bond acceptors (Lipinski definition) is 4. The monoisotopic (exact) mass is 354 g/mol. The van der Waals surface area contributed by atoms with Crippen molar-refractivity contribution in [2.24, 2.45) is 0 Å². The van der Waals surface area contributed by atoms with E-state index in [-0.39, 0.29) is 17.1 Å². The van der Waals surface area contributed by atoms with Crippen molar-refractivity contribution >= 4 is 17.3 Å². The largest absolute Gasteiger partial charge is 0.306 e. The molecule has 0 bridgehead atoms. The van der Waals surface area contributed by atoms with Gasteiger partial charge in [-0.2, -0.15) is 5.10 Å². The van der Waals surface area contributed by atoms with Crippen LogP contribution < -0.4 is 4.90 Å². The minimum atomic E-state index is -0.430. The molecule has 136 valence electrons. The number of aromatic nitrogens is 2. The number of amides is 1. The van der Waals surface area contributed by atoms with Crippen LogP contribution in [0.1, 0.15) is 61.3 Å². The van der Waals surface area contributed by atoms with Gasteiger partial charge in [0.05, 0.1) is 16.1 Å². The molecule has 2 aromatic rings. The first-order valence-electron chi connectivity index (χ1n) is 8.95. The molecule has 0 unspecified atom stereocenters. The van der Waals surface area contributed by atoms with E-state index in [2.05, 4.69) is 25.9 Å². The fourth-order valence-electron chi connectivity index (χ4n) is 3.54. The molecule has 2 heterocycles. The van der Waals surface area contributed by atoms with Crippen molar-refractivity contribution in [3.8, 4) is 0 Å². The number of benzene rings is 1. The third-order valence-corrected chi connectivity index (χ3v) is 5.01. The van der Waals surface area contributed by atoms with Crippen LogP contribution in [0.2, 0.25) is 0 Å². The third kappa shape index (κ3) is 2.77. The summed E-state index contributed by atoms with van der Waals surface area (Å²) in [5, 5.41) is 15.7. The summed E-state index contributed by atoms with van der Waals surface area (Å²) in [6.07, 6.45) is 2.97. The zero-order valence-corrected chi connectivity index (χ0v) is 15.2. The molecule has 0 atom stereocenters. The maximum Gasteiger partial charge on any atom is 0.278 e. The Morgan fingerprint density at radius 1 is 1.27 bits per heavy atom. The molecule has 0 spiro atoms. The van der Waals surface area contributed by atoms with Gasteiger partial charge in [0.25, 0.3) is 11.6 Å². The van der Waals surface area contributed by atoms with E-state index in [1.807, 2.05) is 10.7 Å². The number of carbonyl (C=O) groups excluding carboxylic acids is 1. The number of anilines is 1. The lowest BCUT2D eigenvalue weighted by Gasteiger charge is -2.22. The lowest BCUT2D eigenvalue weighted by molar-refractivity contribution is -0.384. The summed E-state index contributed by atoms with van der Waals surface area (Å²) in [7, 11) is 0. The van der Waals surface area contributed by atoms with Crippen LogP contribution in [0.5, 0.6) is 0 Å². The molecule has 0 N–H and O–H groups in total. The second kappa shape index (κ2) is 5.65. The highest BCUT2D eigenvalue weighted by molar-refractivity contribution is 6.06. The van der Waals surface area contributed by atoms with Crippen molar-refractivity contribution in [1.82, 2.24) is 9.78 Å². The predicted molar refractivity (Wildman–Crippen MR) is 97.7 cm³/mol. The van der Waals surface area contributed by atoms with Gasteiger partial charge in [-0.3, -0.25) is 19.6 Å². The van der Waals surface area contributed by atoms with E-state index >= 15 is 0 Å². The maximum absolute atomic E-state index is 13.1. The molecule has 2 aliphatic rings. The minimum Gasteiger partial charge on any atom is -0.306 e. The summed E-state index contributed by atoms with van der Waals surface area (Å²) in [6.45, 7) is 6.76. The quantitative estimate of drug-likeness (QED) is 0.623. The molecule has 1 aliphatic carbocycles. The molecular weight excluding hydrogens is 332 g/mol. The molecule has 1 amide bonds. The van der Waals surface area contributed by atoms with Crippen LogP contribution in [0.3, 0.4) is 0 Å². The second-order valence-corrected chi connectivity index (χ2v) is 8.09. The van der Waals surface area contributed by atoms with Crippen LogP contribution in [0.25, 0.3) is 0 Å². The number of rotatable bonds is 3. The first-order chi connectivity index (χ1) is 12.3.